The Labute approximate surface area is 133 Å². The molecular weight excluding hydrogens is 350 g/mol. The van der Waals surface area contributed by atoms with Crippen LogP contribution in [-0.4, -0.2) is 26.1 Å². The van der Waals surface area contributed by atoms with Crippen LogP contribution in [0.2, 0.25) is 0 Å². The number of anilines is 1. The minimum absolute atomic E-state index is 0.0755. The highest BCUT2D eigenvalue weighted by molar-refractivity contribution is 9.10. The van der Waals surface area contributed by atoms with Gasteiger partial charge in [-0.2, -0.15) is 0 Å². The highest BCUT2D eigenvalue weighted by Crippen LogP contribution is 2.24. The Morgan fingerprint density at radius 2 is 2.05 bits per heavy atom. The molecule has 110 valence electrons. The number of aromatic nitrogens is 4. The first-order valence-corrected chi connectivity index (χ1v) is 7.04. The molecule has 0 aliphatic carbocycles. The Morgan fingerprint density at radius 3 is 2.73 bits per heavy atom. The largest absolute Gasteiger partial charge is 0.451 e. The van der Waals surface area contributed by atoms with Crippen LogP contribution in [0.4, 0.5) is 5.95 Å². The molecule has 7 nitrogen and oxygen atoms in total. The van der Waals surface area contributed by atoms with E-state index < -0.39 is 5.91 Å². The normalized spacial score (nSPS) is 10.4. The van der Waals surface area contributed by atoms with Gasteiger partial charge in [-0.1, -0.05) is 39.7 Å². The van der Waals surface area contributed by atoms with E-state index in [2.05, 4.69) is 43.2 Å². The molecule has 2 heterocycles. The molecule has 0 saturated heterocycles. The third-order valence-electron chi connectivity index (χ3n) is 2.78. The van der Waals surface area contributed by atoms with Gasteiger partial charge in [0.1, 0.15) is 5.76 Å². The molecule has 0 aliphatic rings. The van der Waals surface area contributed by atoms with Crippen LogP contribution in [0.5, 0.6) is 0 Å². The number of furan rings is 1. The zero-order valence-electron chi connectivity index (χ0n) is 11.2. The molecule has 0 spiro atoms. The number of nitrogens with one attached hydrogen (secondary N) is 1. The summed E-state index contributed by atoms with van der Waals surface area (Å²) in [5.41, 5.74) is 0.873. The van der Waals surface area contributed by atoms with Gasteiger partial charge in [0.2, 0.25) is 0 Å². The lowest BCUT2D eigenvalue weighted by Crippen LogP contribution is -2.12. The zero-order valence-corrected chi connectivity index (χ0v) is 12.8. The lowest BCUT2D eigenvalue weighted by molar-refractivity contribution is 0.0996. The fraction of sp³-hybridized carbons (Fsp3) is 0. The highest BCUT2D eigenvalue weighted by Gasteiger charge is 2.14. The van der Waals surface area contributed by atoms with E-state index in [-0.39, 0.29) is 11.7 Å². The van der Waals surface area contributed by atoms with Crippen molar-refractivity contribution in [3.63, 3.8) is 0 Å². The first-order valence-electron chi connectivity index (χ1n) is 6.25. The van der Waals surface area contributed by atoms with Crippen LogP contribution in [0, 0.1) is 0 Å². The van der Waals surface area contributed by atoms with Gasteiger partial charge in [0.05, 0.1) is 0 Å². The molecule has 0 saturated carbocycles. The van der Waals surface area contributed by atoms with Crippen molar-refractivity contribution in [1.29, 1.82) is 0 Å². The predicted octanol–water partition coefficient (Wildman–Crippen LogP) is 3.05. The summed E-state index contributed by atoms with van der Waals surface area (Å²) in [6.07, 6.45) is 1.36. The van der Waals surface area contributed by atoms with Gasteiger partial charge >= 0.3 is 0 Å². The molecule has 0 atom stereocenters. The molecule has 1 aromatic carbocycles. The Hall–Kier alpha value is -2.74. The maximum absolute atomic E-state index is 12.1. The number of hydrogen-bond donors (Lipinski definition) is 1. The van der Waals surface area contributed by atoms with Crippen molar-refractivity contribution >= 4 is 34.0 Å². The number of benzene rings is 1. The second kappa shape index (κ2) is 5.94. The van der Waals surface area contributed by atoms with Crippen molar-refractivity contribution in [2.75, 3.05) is 5.32 Å². The van der Waals surface area contributed by atoms with Gasteiger partial charge < -0.3 is 4.42 Å². The van der Waals surface area contributed by atoms with Gasteiger partial charge in [0, 0.05) is 16.2 Å². The monoisotopic (exact) mass is 359 g/mol. The number of tetrazole rings is 1. The molecule has 1 N–H and O–H groups in total. The van der Waals surface area contributed by atoms with Gasteiger partial charge in [0.15, 0.2) is 5.76 Å². The van der Waals surface area contributed by atoms with Crippen LogP contribution in [0.25, 0.3) is 17.5 Å². The van der Waals surface area contributed by atoms with Crippen molar-refractivity contribution < 1.29 is 9.21 Å². The first kappa shape index (κ1) is 14.2. The first-order chi connectivity index (χ1) is 10.7. The number of carbonyl (C=O) groups excluding carboxylic acids is 1. The number of nitrogens with zero attached hydrogens (tertiary/aromatic N) is 4. The van der Waals surface area contributed by atoms with Crippen molar-refractivity contribution in [2.24, 2.45) is 0 Å². The Bertz CT molecular complexity index is 822. The average Bonchev–Trinajstić information content (AvgIpc) is 3.17. The van der Waals surface area contributed by atoms with Gasteiger partial charge in [-0.3, -0.25) is 10.1 Å². The topological polar surface area (TPSA) is 85.8 Å². The Morgan fingerprint density at radius 1 is 1.27 bits per heavy atom. The molecule has 1 amide bonds. The number of carbonyl (C=O) groups is 1. The van der Waals surface area contributed by atoms with E-state index in [0.717, 1.165) is 14.8 Å². The molecule has 0 unspecified atom stereocenters. The molecule has 0 bridgehead atoms. The van der Waals surface area contributed by atoms with E-state index in [1.807, 2.05) is 24.3 Å². The molecule has 0 aliphatic heterocycles. The van der Waals surface area contributed by atoms with Crippen molar-refractivity contribution in [2.45, 2.75) is 0 Å². The summed E-state index contributed by atoms with van der Waals surface area (Å²) in [4.78, 5) is 13.2. The maximum atomic E-state index is 12.1. The zero-order chi connectivity index (χ0) is 15.5. The Kier molecular flexibility index (Phi) is 3.84. The van der Waals surface area contributed by atoms with Crippen molar-refractivity contribution in [1.82, 2.24) is 20.2 Å². The van der Waals surface area contributed by atoms with E-state index in [0.29, 0.717) is 5.76 Å². The summed E-state index contributed by atoms with van der Waals surface area (Å²) in [5, 5.41) is 13.7. The number of hydrogen-bond acceptors (Lipinski definition) is 5. The van der Waals surface area contributed by atoms with E-state index in [1.165, 1.54) is 6.20 Å². The van der Waals surface area contributed by atoms with Gasteiger partial charge in [-0.25, -0.2) is 0 Å². The van der Waals surface area contributed by atoms with Crippen LogP contribution in [0.3, 0.4) is 0 Å². The van der Waals surface area contributed by atoms with E-state index in [1.54, 1.807) is 12.1 Å². The van der Waals surface area contributed by atoms with E-state index >= 15 is 0 Å². The second-order valence-corrected chi connectivity index (χ2v) is 5.16. The van der Waals surface area contributed by atoms with Gasteiger partial charge in [0.25, 0.3) is 11.9 Å². The summed E-state index contributed by atoms with van der Waals surface area (Å²) in [6, 6.07) is 10.9. The highest BCUT2D eigenvalue weighted by atomic mass is 79.9. The molecule has 8 heteroatoms. The molecule has 3 aromatic rings. The number of amides is 1. The fourth-order valence-electron chi connectivity index (χ4n) is 1.74. The van der Waals surface area contributed by atoms with Gasteiger partial charge in [-0.15, -0.1) is 9.90 Å². The number of rotatable bonds is 4. The smallest absolute Gasteiger partial charge is 0.293 e. The molecule has 0 fully saturated rings. The van der Waals surface area contributed by atoms with Crippen LogP contribution in [0.15, 0.2) is 51.9 Å². The summed E-state index contributed by atoms with van der Waals surface area (Å²) in [7, 11) is 0. The average molecular weight is 360 g/mol. The van der Waals surface area contributed by atoms with Crippen LogP contribution in [-0.2, 0) is 0 Å². The Balaban J connectivity index is 1.76. The molecular formula is C14H10BrN5O2. The maximum Gasteiger partial charge on any atom is 0.293 e. The van der Waals surface area contributed by atoms with Crippen LogP contribution < -0.4 is 5.32 Å². The SMILES string of the molecule is C=Cn1nnc(NC(=O)c2ccc(-c3ccc(Br)cc3)o2)n1. The lowest BCUT2D eigenvalue weighted by atomic mass is 10.2. The minimum atomic E-state index is -0.452. The lowest BCUT2D eigenvalue weighted by Gasteiger charge is -1.98. The van der Waals surface area contributed by atoms with E-state index in [4.69, 9.17) is 4.42 Å². The quantitative estimate of drug-likeness (QED) is 0.773. The summed E-state index contributed by atoms with van der Waals surface area (Å²) in [5.74, 6) is 0.381. The van der Waals surface area contributed by atoms with Crippen molar-refractivity contribution in [3.8, 4) is 11.3 Å². The van der Waals surface area contributed by atoms with Crippen molar-refractivity contribution in [3.05, 3.63) is 53.2 Å². The molecule has 22 heavy (non-hydrogen) atoms. The molecule has 3 rings (SSSR count). The van der Waals surface area contributed by atoms with E-state index in [9.17, 15) is 4.79 Å². The minimum Gasteiger partial charge on any atom is -0.451 e. The second-order valence-electron chi connectivity index (χ2n) is 4.24. The number of halogens is 1. The molecule has 2 aromatic heterocycles. The summed E-state index contributed by atoms with van der Waals surface area (Å²) < 4.78 is 6.52. The van der Waals surface area contributed by atoms with Gasteiger partial charge in [-0.05, 0) is 29.5 Å². The third kappa shape index (κ3) is 2.96. The fourth-order valence-corrected chi connectivity index (χ4v) is 2.01. The summed E-state index contributed by atoms with van der Waals surface area (Å²) >= 11 is 3.37. The van der Waals surface area contributed by atoms with Crippen LogP contribution in [0.1, 0.15) is 10.6 Å². The standard InChI is InChI=1S/C14H10BrN5O2/c1-2-20-18-14(17-19-20)16-13(21)12-8-7-11(22-12)9-3-5-10(15)6-4-9/h2-8H,1H2,(H,16,18,21). The summed E-state index contributed by atoms with van der Waals surface area (Å²) in [6.45, 7) is 3.49. The molecule has 0 radical (unpaired) electrons. The van der Waals surface area contributed by atoms with Crippen LogP contribution >= 0.6 is 15.9 Å². The third-order valence-corrected chi connectivity index (χ3v) is 3.30. The predicted molar refractivity (Wildman–Crippen MR) is 84.0 cm³/mol.